The molecule has 4 nitrogen and oxygen atoms in total. The first-order valence-electron chi connectivity index (χ1n) is 3.33. The van der Waals surface area contributed by atoms with Crippen LogP contribution in [0.25, 0.3) is 0 Å². The van der Waals surface area contributed by atoms with Crippen molar-refractivity contribution in [3.63, 3.8) is 0 Å². The van der Waals surface area contributed by atoms with Crippen molar-refractivity contribution in [2.24, 2.45) is 0 Å². The lowest BCUT2D eigenvalue weighted by atomic mass is 10.1. The van der Waals surface area contributed by atoms with E-state index in [-0.39, 0.29) is 19.3 Å². The van der Waals surface area contributed by atoms with Crippen molar-refractivity contribution in [3.05, 3.63) is 0 Å². The summed E-state index contributed by atoms with van der Waals surface area (Å²) in [5.41, 5.74) is 0. The van der Waals surface area contributed by atoms with Crippen LogP contribution in [0.1, 0.15) is 6.42 Å². The van der Waals surface area contributed by atoms with Crippen LogP contribution >= 0.6 is 0 Å². The summed E-state index contributed by atoms with van der Waals surface area (Å²) < 4.78 is 5.02. The van der Waals surface area contributed by atoms with Crippen LogP contribution in [0, 0.1) is 0 Å². The molecule has 3 N–H and O–H groups in total. The topological polar surface area (TPSA) is 69.9 Å². The number of rotatable bonds is 2. The fourth-order valence-electron chi connectivity index (χ4n) is 1.10. The molecule has 0 aromatic heterocycles. The summed E-state index contributed by atoms with van der Waals surface area (Å²) in [6.45, 7) is -0.273. The maximum Gasteiger partial charge on any atom is 0.107 e. The highest BCUT2D eigenvalue weighted by atomic mass is 16.5. The zero-order valence-electron chi connectivity index (χ0n) is 5.60. The number of aliphatic hydroxyl groups is 3. The Morgan fingerprint density at radius 2 is 2.00 bits per heavy atom. The number of ether oxygens (including phenoxy) is 1. The van der Waals surface area contributed by atoms with E-state index in [1.165, 1.54) is 0 Å². The van der Waals surface area contributed by atoms with Crippen LogP contribution in [0.3, 0.4) is 0 Å². The van der Waals surface area contributed by atoms with Gasteiger partial charge in [-0.05, 0) is 0 Å². The van der Waals surface area contributed by atoms with E-state index in [2.05, 4.69) is 0 Å². The standard InChI is InChI=1S/C6H12O4/c7-2-4-1-5(9)6(3-8)10-4/h4-9H,1-3H2. The molecule has 1 saturated heterocycles. The molecule has 0 aliphatic carbocycles. The highest BCUT2D eigenvalue weighted by Gasteiger charge is 2.32. The van der Waals surface area contributed by atoms with Crippen LogP contribution in [-0.2, 0) is 4.74 Å². The molecule has 1 aliphatic heterocycles. The zero-order chi connectivity index (χ0) is 7.56. The van der Waals surface area contributed by atoms with Gasteiger partial charge in [0.15, 0.2) is 0 Å². The van der Waals surface area contributed by atoms with Gasteiger partial charge in [-0.1, -0.05) is 0 Å². The van der Waals surface area contributed by atoms with Gasteiger partial charge in [0.05, 0.1) is 25.4 Å². The lowest BCUT2D eigenvalue weighted by Gasteiger charge is -2.09. The predicted octanol–water partition coefficient (Wildman–Crippen LogP) is -1.51. The highest BCUT2D eigenvalue weighted by Crippen LogP contribution is 2.19. The largest absolute Gasteiger partial charge is 0.394 e. The van der Waals surface area contributed by atoms with Crippen molar-refractivity contribution in [3.8, 4) is 0 Å². The molecule has 0 saturated carbocycles. The third-order valence-corrected chi connectivity index (χ3v) is 1.68. The summed E-state index contributed by atoms with van der Waals surface area (Å²) in [6.07, 6.45) is -1.01. The van der Waals surface area contributed by atoms with Crippen molar-refractivity contribution >= 4 is 0 Å². The van der Waals surface area contributed by atoms with Crippen LogP contribution in [-0.4, -0.2) is 46.8 Å². The molecule has 3 unspecified atom stereocenters. The lowest BCUT2D eigenvalue weighted by molar-refractivity contribution is -0.0355. The Hall–Kier alpha value is -0.160. The summed E-state index contributed by atoms with van der Waals surface area (Å²) in [5.74, 6) is 0. The van der Waals surface area contributed by atoms with Gasteiger partial charge in [0.25, 0.3) is 0 Å². The van der Waals surface area contributed by atoms with E-state index in [4.69, 9.17) is 20.1 Å². The van der Waals surface area contributed by atoms with Gasteiger partial charge in [-0.2, -0.15) is 0 Å². The van der Waals surface area contributed by atoms with Gasteiger partial charge in [-0.15, -0.1) is 0 Å². The van der Waals surface area contributed by atoms with Crippen LogP contribution in [0.4, 0.5) is 0 Å². The Balaban J connectivity index is 2.36. The fraction of sp³-hybridized carbons (Fsp3) is 1.00. The fourth-order valence-corrected chi connectivity index (χ4v) is 1.10. The number of hydrogen-bond acceptors (Lipinski definition) is 4. The Morgan fingerprint density at radius 3 is 2.30 bits per heavy atom. The molecule has 0 amide bonds. The third-order valence-electron chi connectivity index (χ3n) is 1.68. The second kappa shape index (κ2) is 3.30. The summed E-state index contributed by atoms with van der Waals surface area (Å²) in [6, 6.07) is 0. The number of hydrogen-bond donors (Lipinski definition) is 3. The van der Waals surface area contributed by atoms with Gasteiger partial charge in [0, 0.05) is 6.42 Å². The smallest absolute Gasteiger partial charge is 0.107 e. The molecule has 10 heavy (non-hydrogen) atoms. The van der Waals surface area contributed by atoms with Crippen molar-refractivity contribution in [2.75, 3.05) is 13.2 Å². The lowest BCUT2D eigenvalue weighted by Crippen LogP contribution is -2.24. The van der Waals surface area contributed by atoms with Crippen molar-refractivity contribution in [2.45, 2.75) is 24.7 Å². The molecule has 0 bridgehead atoms. The van der Waals surface area contributed by atoms with Gasteiger partial charge >= 0.3 is 0 Å². The van der Waals surface area contributed by atoms with Crippen LogP contribution in [0.2, 0.25) is 0 Å². The SMILES string of the molecule is OCC1CC(O)C(CO)O1. The van der Waals surface area contributed by atoms with E-state index < -0.39 is 12.2 Å². The van der Waals surface area contributed by atoms with Crippen LogP contribution in [0.15, 0.2) is 0 Å². The number of aliphatic hydroxyl groups excluding tert-OH is 3. The van der Waals surface area contributed by atoms with Crippen molar-refractivity contribution in [1.82, 2.24) is 0 Å². The van der Waals surface area contributed by atoms with Crippen LogP contribution < -0.4 is 0 Å². The van der Waals surface area contributed by atoms with E-state index in [9.17, 15) is 0 Å². The third kappa shape index (κ3) is 1.46. The van der Waals surface area contributed by atoms with Gasteiger partial charge in [-0.25, -0.2) is 0 Å². The Kier molecular flexibility index (Phi) is 2.62. The minimum Gasteiger partial charge on any atom is -0.394 e. The van der Waals surface area contributed by atoms with E-state index >= 15 is 0 Å². The summed E-state index contributed by atoms with van der Waals surface area (Å²) in [4.78, 5) is 0. The molecule has 0 radical (unpaired) electrons. The molecule has 60 valence electrons. The molecular weight excluding hydrogens is 136 g/mol. The maximum atomic E-state index is 9.09. The van der Waals surface area contributed by atoms with E-state index in [1.54, 1.807) is 0 Å². The van der Waals surface area contributed by atoms with Gasteiger partial charge in [0.1, 0.15) is 6.10 Å². The second-order valence-corrected chi connectivity index (χ2v) is 2.46. The summed E-state index contributed by atoms with van der Waals surface area (Å²) in [7, 11) is 0. The molecule has 3 atom stereocenters. The molecule has 4 heteroatoms. The monoisotopic (exact) mass is 148 g/mol. The van der Waals surface area contributed by atoms with Crippen molar-refractivity contribution < 1.29 is 20.1 Å². The molecule has 0 spiro atoms. The van der Waals surface area contributed by atoms with Gasteiger partial charge < -0.3 is 20.1 Å². The first kappa shape index (κ1) is 7.94. The first-order chi connectivity index (χ1) is 4.77. The highest BCUT2D eigenvalue weighted by molar-refractivity contribution is 4.80. The Bertz CT molecular complexity index is 106. The molecule has 0 aromatic carbocycles. The minimum atomic E-state index is -0.623. The normalized spacial score (nSPS) is 40.5. The maximum absolute atomic E-state index is 9.09. The van der Waals surface area contributed by atoms with Crippen molar-refractivity contribution in [1.29, 1.82) is 0 Å². The van der Waals surface area contributed by atoms with Gasteiger partial charge in [-0.3, -0.25) is 0 Å². The van der Waals surface area contributed by atoms with Gasteiger partial charge in [0.2, 0.25) is 0 Å². The molecule has 1 heterocycles. The summed E-state index contributed by atoms with van der Waals surface area (Å²) in [5, 5.41) is 26.3. The average molecular weight is 148 g/mol. The molecular formula is C6H12O4. The second-order valence-electron chi connectivity index (χ2n) is 2.46. The van der Waals surface area contributed by atoms with E-state index in [1.807, 2.05) is 0 Å². The minimum absolute atomic E-state index is 0.0897. The Morgan fingerprint density at radius 1 is 1.30 bits per heavy atom. The van der Waals surface area contributed by atoms with E-state index in [0.29, 0.717) is 6.42 Å². The Labute approximate surface area is 59.1 Å². The molecule has 1 fully saturated rings. The van der Waals surface area contributed by atoms with Crippen LogP contribution in [0.5, 0.6) is 0 Å². The van der Waals surface area contributed by atoms with E-state index in [0.717, 1.165) is 0 Å². The molecule has 0 aromatic rings. The first-order valence-corrected chi connectivity index (χ1v) is 3.33. The molecule has 1 aliphatic rings. The molecule has 1 rings (SSSR count). The predicted molar refractivity (Wildman–Crippen MR) is 33.5 cm³/mol. The zero-order valence-corrected chi connectivity index (χ0v) is 5.60. The summed E-state index contributed by atoms with van der Waals surface area (Å²) >= 11 is 0. The quantitative estimate of drug-likeness (QED) is 0.445. The average Bonchev–Trinajstić information content (AvgIpc) is 2.30.